The van der Waals surface area contributed by atoms with Gasteiger partial charge in [-0.1, -0.05) is 70.0 Å². The van der Waals surface area contributed by atoms with Crippen molar-refractivity contribution in [3.8, 4) is 0 Å². The summed E-state index contributed by atoms with van der Waals surface area (Å²) in [6.07, 6.45) is 4.95. The highest BCUT2D eigenvalue weighted by atomic mass is 14.9. The van der Waals surface area contributed by atoms with Gasteiger partial charge in [0.25, 0.3) is 0 Å². The molecule has 0 aliphatic rings. The zero-order valence-corrected chi connectivity index (χ0v) is 13.5. The van der Waals surface area contributed by atoms with Crippen LogP contribution in [-0.2, 0) is 5.41 Å². The van der Waals surface area contributed by atoms with Crippen molar-refractivity contribution in [2.75, 3.05) is 5.32 Å². The molecule has 0 amide bonds. The van der Waals surface area contributed by atoms with Crippen LogP contribution in [0.4, 0.5) is 11.4 Å². The molecule has 0 aliphatic carbocycles. The van der Waals surface area contributed by atoms with Gasteiger partial charge in [0.2, 0.25) is 0 Å². The molecule has 2 rings (SSSR count). The lowest BCUT2D eigenvalue weighted by molar-refractivity contribution is 0.404. The summed E-state index contributed by atoms with van der Waals surface area (Å²) in [6, 6.07) is 19.2. The van der Waals surface area contributed by atoms with Crippen LogP contribution in [0.15, 0.2) is 54.6 Å². The van der Waals surface area contributed by atoms with Gasteiger partial charge in [-0.2, -0.15) is 0 Å². The van der Waals surface area contributed by atoms with Crippen LogP contribution < -0.4 is 5.32 Å². The van der Waals surface area contributed by atoms with Crippen LogP contribution in [0, 0.1) is 0 Å². The van der Waals surface area contributed by atoms with Crippen LogP contribution in [0.5, 0.6) is 0 Å². The lowest BCUT2D eigenvalue weighted by Crippen LogP contribution is -2.22. The van der Waals surface area contributed by atoms with E-state index in [-0.39, 0.29) is 5.41 Å². The van der Waals surface area contributed by atoms with Crippen LogP contribution in [-0.4, -0.2) is 0 Å². The SMILES string of the molecule is CCCCC(C)(CC)c1ccccc1Nc1ccccc1. The lowest BCUT2D eigenvalue weighted by atomic mass is 9.75. The number of benzene rings is 2. The fourth-order valence-corrected chi connectivity index (χ4v) is 2.86. The molecule has 2 aromatic carbocycles. The Kier molecular flexibility index (Phi) is 5.44. The molecule has 0 radical (unpaired) electrons. The van der Waals surface area contributed by atoms with Crippen LogP contribution in [0.25, 0.3) is 0 Å². The largest absolute Gasteiger partial charge is 0.355 e. The summed E-state index contributed by atoms with van der Waals surface area (Å²) >= 11 is 0. The summed E-state index contributed by atoms with van der Waals surface area (Å²) in [7, 11) is 0. The number of hydrogen-bond donors (Lipinski definition) is 1. The predicted octanol–water partition coefficient (Wildman–Crippen LogP) is 6.29. The first-order valence-electron chi connectivity index (χ1n) is 8.11. The third-order valence-electron chi connectivity index (χ3n) is 4.49. The van der Waals surface area contributed by atoms with Crippen molar-refractivity contribution in [2.24, 2.45) is 0 Å². The van der Waals surface area contributed by atoms with Crippen molar-refractivity contribution in [1.82, 2.24) is 0 Å². The molecular formula is C20H27N. The number of anilines is 2. The normalized spacial score (nSPS) is 13.7. The van der Waals surface area contributed by atoms with E-state index in [0.717, 1.165) is 5.69 Å². The van der Waals surface area contributed by atoms with E-state index in [9.17, 15) is 0 Å². The van der Waals surface area contributed by atoms with Crippen LogP contribution in [0.1, 0.15) is 52.0 Å². The Morgan fingerprint density at radius 3 is 2.24 bits per heavy atom. The Morgan fingerprint density at radius 1 is 0.905 bits per heavy atom. The molecular weight excluding hydrogens is 254 g/mol. The molecule has 1 N–H and O–H groups in total. The van der Waals surface area contributed by atoms with Gasteiger partial charge in [-0.05, 0) is 42.0 Å². The molecule has 21 heavy (non-hydrogen) atoms. The highest BCUT2D eigenvalue weighted by Crippen LogP contribution is 2.38. The minimum Gasteiger partial charge on any atom is -0.355 e. The number of unbranched alkanes of at least 4 members (excludes halogenated alkanes) is 1. The van der Waals surface area contributed by atoms with E-state index < -0.39 is 0 Å². The molecule has 1 nitrogen and oxygen atoms in total. The summed E-state index contributed by atoms with van der Waals surface area (Å²) < 4.78 is 0. The average molecular weight is 281 g/mol. The highest BCUT2D eigenvalue weighted by molar-refractivity contribution is 5.64. The number of hydrogen-bond acceptors (Lipinski definition) is 1. The van der Waals surface area contributed by atoms with E-state index in [0.29, 0.717) is 0 Å². The van der Waals surface area contributed by atoms with Gasteiger partial charge in [0.05, 0.1) is 0 Å². The molecule has 1 unspecified atom stereocenters. The average Bonchev–Trinajstić information content (AvgIpc) is 2.54. The summed E-state index contributed by atoms with van der Waals surface area (Å²) in [5.41, 5.74) is 4.07. The maximum absolute atomic E-state index is 3.59. The fourth-order valence-electron chi connectivity index (χ4n) is 2.86. The predicted molar refractivity (Wildman–Crippen MR) is 93.3 cm³/mol. The number of para-hydroxylation sites is 2. The number of rotatable bonds is 7. The van der Waals surface area contributed by atoms with Crippen molar-refractivity contribution < 1.29 is 0 Å². The van der Waals surface area contributed by atoms with Crippen molar-refractivity contribution in [3.05, 3.63) is 60.2 Å². The van der Waals surface area contributed by atoms with Gasteiger partial charge in [-0.3, -0.25) is 0 Å². The van der Waals surface area contributed by atoms with E-state index in [4.69, 9.17) is 0 Å². The minimum absolute atomic E-state index is 0.244. The Morgan fingerprint density at radius 2 is 1.57 bits per heavy atom. The molecule has 0 saturated carbocycles. The van der Waals surface area contributed by atoms with Crippen LogP contribution in [0.3, 0.4) is 0 Å². The quantitative estimate of drug-likeness (QED) is 0.629. The molecule has 0 spiro atoms. The molecule has 0 bridgehead atoms. The second-order valence-electron chi connectivity index (χ2n) is 6.05. The van der Waals surface area contributed by atoms with Gasteiger partial charge >= 0.3 is 0 Å². The minimum atomic E-state index is 0.244. The Hall–Kier alpha value is -1.76. The lowest BCUT2D eigenvalue weighted by Gasteiger charge is -2.31. The van der Waals surface area contributed by atoms with E-state index in [1.807, 2.05) is 0 Å². The maximum atomic E-state index is 3.59. The van der Waals surface area contributed by atoms with Gasteiger partial charge < -0.3 is 5.32 Å². The third kappa shape index (κ3) is 3.87. The van der Waals surface area contributed by atoms with Gasteiger partial charge in [-0.15, -0.1) is 0 Å². The van der Waals surface area contributed by atoms with Crippen molar-refractivity contribution in [1.29, 1.82) is 0 Å². The van der Waals surface area contributed by atoms with Crippen molar-refractivity contribution in [2.45, 2.75) is 51.9 Å². The molecule has 0 aromatic heterocycles. The topological polar surface area (TPSA) is 12.0 Å². The molecule has 1 heteroatoms. The van der Waals surface area contributed by atoms with E-state index >= 15 is 0 Å². The van der Waals surface area contributed by atoms with Gasteiger partial charge in [0.1, 0.15) is 0 Å². The smallest absolute Gasteiger partial charge is 0.0422 e. The first-order valence-corrected chi connectivity index (χ1v) is 8.11. The third-order valence-corrected chi connectivity index (χ3v) is 4.49. The van der Waals surface area contributed by atoms with Crippen molar-refractivity contribution >= 4 is 11.4 Å². The molecule has 0 aliphatic heterocycles. The van der Waals surface area contributed by atoms with Gasteiger partial charge in [-0.25, -0.2) is 0 Å². The second kappa shape index (κ2) is 7.31. The number of nitrogens with one attached hydrogen (secondary N) is 1. The van der Waals surface area contributed by atoms with E-state index in [2.05, 4.69) is 80.7 Å². The Balaban J connectivity index is 2.31. The van der Waals surface area contributed by atoms with Gasteiger partial charge in [0.15, 0.2) is 0 Å². The standard InChI is InChI=1S/C20H27N/c1-4-6-16-20(3,5-2)18-14-10-11-15-19(18)21-17-12-8-7-9-13-17/h7-15,21H,4-6,16H2,1-3H3. The van der Waals surface area contributed by atoms with Crippen LogP contribution in [0.2, 0.25) is 0 Å². The monoisotopic (exact) mass is 281 g/mol. The first-order chi connectivity index (χ1) is 10.2. The molecule has 2 aromatic rings. The van der Waals surface area contributed by atoms with E-state index in [1.165, 1.54) is 36.9 Å². The zero-order valence-electron chi connectivity index (χ0n) is 13.5. The first kappa shape index (κ1) is 15.6. The summed E-state index contributed by atoms with van der Waals surface area (Å²) in [6.45, 7) is 6.97. The van der Waals surface area contributed by atoms with E-state index in [1.54, 1.807) is 0 Å². The molecule has 0 heterocycles. The Bertz CT molecular complexity index is 547. The zero-order chi connectivity index (χ0) is 15.1. The molecule has 0 fully saturated rings. The second-order valence-corrected chi connectivity index (χ2v) is 6.05. The molecule has 1 atom stereocenters. The summed E-state index contributed by atoms with van der Waals surface area (Å²) in [5.74, 6) is 0. The Labute approximate surface area is 129 Å². The van der Waals surface area contributed by atoms with Crippen molar-refractivity contribution in [3.63, 3.8) is 0 Å². The summed E-state index contributed by atoms with van der Waals surface area (Å²) in [4.78, 5) is 0. The highest BCUT2D eigenvalue weighted by Gasteiger charge is 2.26. The maximum Gasteiger partial charge on any atom is 0.0422 e. The van der Waals surface area contributed by atoms with Gasteiger partial charge in [0, 0.05) is 11.4 Å². The fraction of sp³-hybridized carbons (Fsp3) is 0.400. The van der Waals surface area contributed by atoms with Crippen LogP contribution >= 0.6 is 0 Å². The molecule has 112 valence electrons. The molecule has 0 saturated heterocycles. The summed E-state index contributed by atoms with van der Waals surface area (Å²) in [5, 5.41) is 3.59.